The van der Waals surface area contributed by atoms with E-state index in [2.05, 4.69) is 11.4 Å². The summed E-state index contributed by atoms with van der Waals surface area (Å²) in [5.74, 6) is 0.800. The molecule has 0 aliphatic carbocycles. The van der Waals surface area contributed by atoms with Crippen molar-refractivity contribution in [1.82, 2.24) is 0 Å². The summed E-state index contributed by atoms with van der Waals surface area (Å²) in [6, 6.07) is 19.1. The van der Waals surface area contributed by atoms with E-state index >= 15 is 0 Å². The largest absolute Gasteiger partial charge is 0.497 e. The Morgan fingerprint density at radius 1 is 1.06 bits per heavy atom. The smallest absolute Gasteiger partial charge is 0.140 e. The van der Waals surface area contributed by atoms with E-state index in [-0.39, 0.29) is 6.04 Å². The fourth-order valence-electron chi connectivity index (χ4n) is 1.69. The molecule has 18 heavy (non-hydrogen) atoms. The van der Waals surface area contributed by atoms with Gasteiger partial charge in [0, 0.05) is 5.69 Å². The molecule has 0 aliphatic rings. The molecule has 1 atom stereocenters. The highest BCUT2D eigenvalue weighted by molar-refractivity contribution is 5.49. The van der Waals surface area contributed by atoms with Crippen LogP contribution in [0.3, 0.4) is 0 Å². The van der Waals surface area contributed by atoms with Crippen molar-refractivity contribution in [3.8, 4) is 11.8 Å². The second kappa shape index (κ2) is 5.74. The number of methoxy groups -OCH3 is 1. The van der Waals surface area contributed by atoms with Crippen molar-refractivity contribution in [1.29, 1.82) is 5.26 Å². The van der Waals surface area contributed by atoms with Gasteiger partial charge in [0.15, 0.2) is 0 Å². The molecule has 0 bridgehead atoms. The minimum absolute atomic E-state index is 0.348. The van der Waals surface area contributed by atoms with Gasteiger partial charge >= 0.3 is 0 Å². The van der Waals surface area contributed by atoms with Gasteiger partial charge in [0.25, 0.3) is 0 Å². The maximum atomic E-state index is 9.20. The van der Waals surface area contributed by atoms with Gasteiger partial charge in [-0.1, -0.05) is 30.3 Å². The number of nitrogens with zero attached hydrogens (tertiary/aromatic N) is 1. The first-order valence-electron chi connectivity index (χ1n) is 5.68. The highest BCUT2D eigenvalue weighted by Gasteiger charge is 2.09. The third kappa shape index (κ3) is 2.80. The van der Waals surface area contributed by atoms with Crippen molar-refractivity contribution in [3.05, 3.63) is 60.2 Å². The fourth-order valence-corrected chi connectivity index (χ4v) is 1.69. The summed E-state index contributed by atoms with van der Waals surface area (Å²) in [5, 5.41) is 12.4. The number of benzene rings is 2. The minimum Gasteiger partial charge on any atom is -0.497 e. The Bertz CT molecular complexity index is 529. The zero-order valence-corrected chi connectivity index (χ0v) is 10.1. The summed E-state index contributed by atoms with van der Waals surface area (Å²) in [6.07, 6.45) is 0. The van der Waals surface area contributed by atoms with Gasteiger partial charge in [-0.05, 0) is 29.8 Å². The molecule has 0 fully saturated rings. The van der Waals surface area contributed by atoms with Crippen molar-refractivity contribution >= 4 is 5.69 Å². The molecule has 0 unspecified atom stereocenters. The van der Waals surface area contributed by atoms with Gasteiger partial charge < -0.3 is 10.1 Å². The van der Waals surface area contributed by atoms with Gasteiger partial charge in [-0.3, -0.25) is 0 Å². The monoisotopic (exact) mass is 238 g/mol. The van der Waals surface area contributed by atoms with Crippen LogP contribution in [0.25, 0.3) is 0 Å². The molecule has 0 saturated carbocycles. The minimum atomic E-state index is -0.348. The lowest BCUT2D eigenvalue weighted by atomic mass is 10.1. The van der Waals surface area contributed by atoms with E-state index in [1.165, 1.54) is 0 Å². The molecular weight excluding hydrogens is 224 g/mol. The first kappa shape index (κ1) is 12.0. The number of ether oxygens (including phenoxy) is 1. The van der Waals surface area contributed by atoms with Crippen LogP contribution in [0.1, 0.15) is 11.6 Å². The summed E-state index contributed by atoms with van der Waals surface area (Å²) >= 11 is 0. The zero-order valence-electron chi connectivity index (χ0n) is 10.1. The molecule has 2 aromatic rings. The molecular formula is C15H14N2O. The molecule has 3 nitrogen and oxygen atoms in total. The van der Waals surface area contributed by atoms with E-state index in [9.17, 15) is 5.26 Å². The van der Waals surface area contributed by atoms with Crippen molar-refractivity contribution < 1.29 is 4.74 Å². The van der Waals surface area contributed by atoms with Crippen LogP contribution >= 0.6 is 0 Å². The van der Waals surface area contributed by atoms with Crippen LogP contribution in [0.2, 0.25) is 0 Å². The lowest BCUT2D eigenvalue weighted by Gasteiger charge is -2.13. The molecule has 0 amide bonds. The molecule has 1 N–H and O–H groups in total. The van der Waals surface area contributed by atoms with Crippen molar-refractivity contribution in [2.75, 3.05) is 12.4 Å². The van der Waals surface area contributed by atoms with Crippen LogP contribution < -0.4 is 10.1 Å². The molecule has 90 valence electrons. The fraction of sp³-hybridized carbons (Fsp3) is 0.133. The second-order valence-corrected chi connectivity index (χ2v) is 3.85. The van der Waals surface area contributed by atoms with Gasteiger partial charge in [-0.25, -0.2) is 0 Å². The zero-order chi connectivity index (χ0) is 12.8. The first-order chi connectivity index (χ1) is 8.83. The second-order valence-electron chi connectivity index (χ2n) is 3.85. The lowest BCUT2D eigenvalue weighted by Crippen LogP contribution is -2.08. The molecule has 2 aromatic carbocycles. The molecule has 0 radical (unpaired) electrons. The van der Waals surface area contributed by atoms with Crippen LogP contribution in [-0.2, 0) is 0 Å². The Balaban J connectivity index is 2.13. The van der Waals surface area contributed by atoms with Gasteiger partial charge in [-0.2, -0.15) is 5.26 Å². The maximum Gasteiger partial charge on any atom is 0.140 e. The van der Waals surface area contributed by atoms with Gasteiger partial charge in [-0.15, -0.1) is 0 Å². The van der Waals surface area contributed by atoms with E-state index < -0.39 is 0 Å². The molecule has 0 spiro atoms. The Morgan fingerprint density at radius 3 is 2.28 bits per heavy atom. The maximum absolute atomic E-state index is 9.20. The SMILES string of the molecule is COc1ccc(N[C@H](C#N)c2ccccc2)cc1. The Labute approximate surface area is 107 Å². The number of hydrogen-bond acceptors (Lipinski definition) is 3. The van der Waals surface area contributed by atoms with Crippen molar-refractivity contribution in [2.45, 2.75) is 6.04 Å². The van der Waals surface area contributed by atoms with Crippen molar-refractivity contribution in [2.24, 2.45) is 0 Å². The van der Waals surface area contributed by atoms with E-state index in [4.69, 9.17) is 4.74 Å². The summed E-state index contributed by atoms with van der Waals surface area (Å²) in [5.41, 5.74) is 1.85. The van der Waals surface area contributed by atoms with Gasteiger partial charge in [0.2, 0.25) is 0 Å². The average Bonchev–Trinajstić information content (AvgIpc) is 2.46. The highest BCUT2D eigenvalue weighted by Crippen LogP contribution is 2.21. The lowest BCUT2D eigenvalue weighted by molar-refractivity contribution is 0.415. The first-order valence-corrected chi connectivity index (χ1v) is 5.68. The standard InChI is InChI=1S/C15H14N2O/c1-18-14-9-7-13(8-10-14)17-15(11-16)12-5-3-2-4-6-12/h2-10,15,17H,1H3/t15-/m1/s1. The molecule has 0 aliphatic heterocycles. The number of hydrogen-bond donors (Lipinski definition) is 1. The van der Waals surface area contributed by atoms with Gasteiger partial charge in [0.1, 0.15) is 11.8 Å². The number of anilines is 1. The Morgan fingerprint density at radius 2 is 1.72 bits per heavy atom. The number of rotatable bonds is 4. The quantitative estimate of drug-likeness (QED) is 0.888. The number of nitriles is 1. The molecule has 0 aromatic heterocycles. The summed E-state index contributed by atoms with van der Waals surface area (Å²) < 4.78 is 5.09. The molecule has 0 saturated heterocycles. The Kier molecular flexibility index (Phi) is 3.83. The third-order valence-corrected chi connectivity index (χ3v) is 2.66. The molecule has 3 heteroatoms. The van der Waals surface area contributed by atoms with E-state index in [0.29, 0.717) is 0 Å². The normalized spacial score (nSPS) is 11.3. The van der Waals surface area contributed by atoms with Crippen LogP contribution in [0.5, 0.6) is 5.75 Å². The summed E-state index contributed by atoms with van der Waals surface area (Å²) in [6.45, 7) is 0. The van der Waals surface area contributed by atoms with Crippen LogP contribution in [0.4, 0.5) is 5.69 Å². The summed E-state index contributed by atoms with van der Waals surface area (Å²) in [7, 11) is 1.63. The van der Waals surface area contributed by atoms with Crippen LogP contribution in [0, 0.1) is 11.3 Å². The highest BCUT2D eigenvalue weighted by atomic mass is 16.5. The van der Waals surface area contributed by atoms with E-state index in [1.807, 2.05) is 54.6 Å². The summed E-state index contributed by atoms with van der Waals surface area (Å²) in [4.78, 5) is 0. The van der Waals surface area contributed by atoms with E-state index in [0.717, 1.165) is 17.0 Å². The average molecular weight is 238 g/mol. The van der Waals surface area contributed by atoms with Crippen LogP contribution in [0.15, 0.2) is 54.6 Å². The van der Waals surface area contributed by atoms with Crippen molar-refractivity contribution in [3.63, 3.8) is 0 Å². The predicted octanol–water partition coefficient (Wildman–Crippen LogP) is 3.37. The number of nitrogens with one attached hydrogen (secondary N) is 1. The Hall–Kier alpha value is -2.47. The van der Waals surface area contributed by atoms with Gasteiger partial charge in [0.05, 0.1) is 13.2 Å². The molecule has 2 rings (SSSR count). The molecule has 0 heterocycles. The van der Waals surface area contributed by atoms with Crippen LogP contribution in [-0.4, -0.2) is 7.11 Å². The third-order valence-electron chi connectivity index (χ3n) is 2.66. The topological polar surface area (TPSA) is 45.0 Å². The predicted molar refractivity (Wildman–Crippen MR) is 71.4 cm³/mol. The van der Waals surface area contributed by atoms with E-state index in [1.54, 1.807) is 7.11 Å².